The molecule has 23 heavy (non-hydrogen) atoms. The third kappa shape index (κ3) is 3.72. The number of hydrogen-bond acceptors (Lipinski definition) is 5. The molecule has 2 saturated heterocycles. The van der Waals surface area contributed by atoms with Crippen LogP contribution in [0.3, 0.4) is 0 Å². The van der Waals surface area contributed by atoms with Crippen molar-refractivity contribution in [1.29, 1.82) is 0 Å². The largest absolute Gasteiger partial charge is 0.448 e. The van der Waals surface area contributed by atoms with Crippen LogP contribution in [0.15, 0.2) is 10.7 Å². The number of ether oxygens (including phenoxy) is 1. The molecule has 2 amide bonds. The Labute approximate surface area is 135 Å². The second kappa shape index (κ2) is 7.12. The van der Waals surface area contributed by atoms with E-state index in [-0.39, 0.29) is 30.2 Å². The number of carbonyl (C=O) groups excluding carboxylic acids is 2. The molecule has 1 atom stereocenters. The van der Waals surface area contributed by atoms with Crippen molar-refractivity contribution in [1.82, 2.24) is 9.88 Å². The summed E-state index contributed by atoms with van der Waals surface area (Å²) in [7, 11) is 0. The molecule has 7 nitrogen and oxygen atoms in total. The molecule has 126 valence electrons. The SMILES string of the molecule is NC(=O)CC1CCCCN1C(=O)c1coc(C2CCOCC2)n1. The Morgan fingerprint density at radius 2 is 2.04 bits per heavy atom. The van der Waals surface area contributed by atoms with Crippen LogP contribution in [0.25, 0.3) is 0 Å². The first-order valence-corrected chi connectivity index (χ1v) is 8.27. The third-order valence-corrected chi connectivity index (χ3v) is 4.64. The van der Waals surface area contributed by atoms with Crippen LogP contribution in [0.4, 0.5) is 0 Å². The van der Waals surface area contributed by atoms with E-state index in [0.717, 1.165) is 32.1 Å². The summed E-state index contributed by atoms with van der Waals surface area (Å²) in [5, 5.41) is 0. The molecule has 2 aliphatic heterocycles. The van der Waals surface area contributed by atoms with Gasteiger partial charge in [0.05, 0.1) is 0 Å². The van der Waals surface area contributed by atoms with E-state index in [9.17, 15) is 9.59 Å². The number of nitrogens with zero attached hydrogens (tertiary/aromatic N) is 2. The Morgan fingerprint density at radius 1 is 1.26 bits per heavy atom. The molecule has 1 unspecified atom stereocenters. The van der Waals surface area contributed by atoms with Gasteiger partial charge in [0.25, 0.3) is 5.91 Å². The van der Waals surface area contributed by atoms with Gasteiger partial charge in [0.2, 0.25) is 5.91 Å². The average Bonchev–Trinajstić information content (AvgIpc) is 3.05. The Hall–Kier alpha value is -1.89. The summed E-state index contributed by atoms with van der Waals surface area (Å²) in [6.45, 7) is 2.03. The number of aromatic nitrogens is 1. The number of hydrogen-bond donors (Lipinski definition) is 1. The highest BCUT2D eigenvalue weighted by Gasteiger charge is 2.31. The van der Waals surface area contributed by atoms with Crippen molar-refractivity contribution >= 4 is 11.8 Å². The van der Waals surface area contributed by atoms with Crippen LogP contribution < -0.4 is 5.73 Å². The Morgan fingerprint density at radius 3 is 2.78 bits per heavy atom. The van der Waals surface area contributed by atoms with E-state index < -0.39 is 0 Å². The molecule has 7 heteroatoms. The molecule has 0 aromatic carbocycles. The molecule has 0 spiro atoms. The summed E-state index contributed by atoms with van der Waals surface area (Å²) in [5.41, 5.74) is 5.63. The zero-order valence-electron chi connectivity index (χ0n) is 13.2. The van der Waals surface area contributed by atoms with Gasteiger partial charge in [-0.2, -0.15) is 0 Å². The van der Waals surface area contributed by atoms with Crippen molar-refractivity contribution in [2.75, 3.05) is 19.8 Å². The maximum Gasteiger partial charge on any atom is 0.276 e. The number of rotatable bonds is 4. The van der Waals surface area contributed by atoms with Crippen LogP contribution in [0.2, 0.25) is 0 Å². The molecule has 2 aliphatic rings. The number of piperidine rings is 1. The normalized spacial score (nSPS) is 23.0. The highest BCUT2D eigenvalue weighted by atomic mass is 16.5. The lowest BCUT2D eigenvalue weighted by atomic mass is 9.98. The standard InChI is InChI=1S/C16H23N3O4/c17-14(20)9-12-3-1-2-6-19(12)16(21)13-10-23-15(18-13)11-4-7-22-8-5-11/h10-12H,1-9H2,(H2,17,20). The number of oxazole rings is 1. The van der Waals surface area contributed by atoms with Gasteiger partial charge in [0.1, 0.15) is 6.26 Å². The third-order valence-electron chi connectivity index (χ3n) is 4.64. The number of carbonyl (C=O) groups is 2. The predicted molar refractivity (Wildman–Crippen MR) is 81.8 cm³/mol. The van der Waals surface area contributed by atoms with Gasteiger partial charge in [-0.1, -0.05) is 0 Å². The zero-order chi connectivity index (χ0) is 16.2. The fourth-order valence-electron chi connectivity index (χ4n) is 3.38. The highest BCUT2D eigenvalue weighted by molar-refractivity contribution is 5.92. The van der Waals surface area contributed by atoms with Gasteiger partial charge >= 0.3 is 0 Å². The van der Waals surface area contributed by atoms with E-state index in [1.807, 2.05) is 0 Å². The van der Waals surface area contributed by atoms with Gasteiger partial charge in [-0.05, 0) is 32.1 Å². The maximum absolute atomic E-state index is 12.7. The molecule has 3 heterocycles. The minimum Gasteiger partial charge on any atom is -0.448 e. The van der Waals surface area contributed by atoms with Crippen molar-refractivity contribution in [2.45, 2.75) is 50.5 Å². The summed E-state index contributed by atoms with van der Waals surface area (Å²) >= 11 is 0. The van der Waals surface area contributed by atoms with Crippen LogP contribution in [0.5, 0.6) is 0 Å². The fraction of sp³-hybridized carbons (Fsp3) is 0.688. The van der Waals surface area contributed by atoms with Gasteiger partial charge in [-0.3, -0.25) is 9.59 Å². The number of primary amides is 1. The highest BCUT2D eigenvalue weighted by Crippen LogP contribution is 2.27. The summed E-state index contributed by atoms with van der Waals surface area (Å²) in [6.07, 6.45) is 6.11. The molecule has 2 N–H and O–H groups in total. The molecule has 0 radical (unpaired) electrons. The van der Waals surface area contributed by atoms with Crippen LogP contribution >= 0.6 is 0 Å². The Bertz CT molecular complexity index is 565. The van der Waals surface area contributed by atoms with Crippen molar-refractivity contribution in [2.24, 2.45) is 5.73 Å². The fourth-order valence-corrected chi connectivity index (χ4v) is 3.38. The molecule has 1 aromatic rings. The van der Waals surface area contributed by atoms with Crippen LogP contribution in [-0.4, -0.2) is 47.5 Å². The Kier molecular flexibility index (Phi) is 4.95. The topological polar surface area (TPSA) is 98.7 Å². The average molecular weight is 321 g/mol. The van der Waals surface area contributed by atoms with Gasteiger partial charge in [0.15, 0.2) is 11.6 Å². The zero-order valence-corrected chi connectivity index (χ0v) is 13.2. The van der Waals surface area contributed by atoms with E-state index in [1.165, 1.54) is 6.26 Å². The van der Waals surface area contributed by atoms with Gasteiger partial charge < -0.3 is 19.8 Å². The lowest BCUT2D eigenvalue weighted by molar-refractivity contribution is -0.119. The van der Waals surface area contributed by atoms with E-state index in [1.54, 1.807) is 4.90 Å². The van der Waals surface area contributed by atoms with E-state index in [2.05, 4.69) is 4.98 Å². The van der Waals surface area contributed by atoms with Crippen molar-refractivity contribution < 1.29 is 18.7 Å². The minimum atomic E-state index is -0.377. The summed E-state index contributed by atoms with van der Waals surface area (Å²) < 4.78 is 10.9. The quantitative estimate of drug-likeness (QED) is 0.904. The van der Waals surface area contributed by atoms with Crippen LogP contribution in [0.1, 0.15) is 60.8 Å². The first kappa shape index (κ1) is 16.0. The van der Waals surface area contributed by atoms with E-state index in [4.69, 9.17) is 14.9 Å². The first-order chi connectivity index (χ1) is 11.1. The van der Waals surface area contributed by atoms with Crippen LogP contribution in [0, 0.1) is 0 Å². The first-order valence-electron chi connectivity index (χ1n) is 8.27. The molecule has 0 saturated carbocycles. The molecular formula is C16H23N3O4. The van der Waals surface area contributed by atoms with Crippen molar-refractivity contribution in [3.8, 4) is 0 Å². The van der Waals surface area contributed by atoms with Gasteiger partial charge in [-0.15, -0.1) is 0 Å². The lowest BCUT2D eigenvalue weighted by Crippen LogP contribution is -2.45. The molecule has 1 aromatic heterocycles. The van der Waals surface area contributed by atoms with Crippen molar-refractivity contribution in [3.05, 3.63) is 17.8 Å². The minimum absolute atomic E-state index is 0.128. The second-order valence-electron chi connectivity index (χ2n) is 6.28. The van der Waals surface area contributed by atoms with E-state index >= 15 is 0 Å². The van der Waals surface area contributed by atoms with E-state index in [0.29, 0.717) is 31.3 Å². The number of likely N-dealkylation sites (tertiary alicyclic amines) is 1. The number of nitrogens with two attached hydrogens (primary N) is 1. The van der Waals surface area contributed by atoms with Crippen LogP contribution in [-0.2, 0) is 9.53 Å². The van der Waals surface area contributed by atoms with Gasteiger partial charge in [0, 0.05) is 38.1 Å². The molecular weight excluding hydrogens is 298 g/mol. The number of amides is 2. The second-order valence-corrected chi connectivity index (χ2v) is 6.28. The lowest BCUT2D eigenvalue weighted by Gasteiger charge is -2.34. The summed E-state index contributed by atoms with van der Waals surface area (Å²) in [5.74, 6) is 0.281. The monoisotopic (exact) mass is 321 g/mol. The smallest absolute Gasteiger partial charge is 0.276 e. The summed E-state index contributed by atoms with van der Waals surface area (Å²) in [6, 6.07) is -0.128. The molecule has 0 bridgehead atoms. The van der Waals surface area contributed by atoms with Gasteiger partial charge in [-0.25, -0.2) is 4.98 Å². The predicted octanol–water partition coefficient (Wildman–Crippen LogP) is 1.44. The molecule has 2 fully saturated rings. The summed E-state index contributed by atoms with van der Waals surface area (Å²) in [4.78, 5) is 30.1. The Balaban J connectivity index is 1.71. The van der Waals surface area contributed by atoms with Crippen molar-refractivity contribution in [3.63, 3.8) is 0 Å². The molecule has 3 rings (SSSR count). The molecule has 0 aliphatic carbocycles. The maximum atomic E-state index is 12.7.